The highest BCUT2D eigenvalue weighted by Gasteiger charge is 2.44. The number of amides is 1. The van der Waals surface area contributed by atoms with Gasteiger partial charge in [-0.2, -0.15) is 0 Å². The average molecular weight is 262 g/mol. The van der Waals surface area contributed by atoms with Crippen molar-refractivity contribution in [1.29, 1.82) is 0 Å². The van der Waals surface area contributed by atoms with Crippen LogP contribution in [-0.4, -0.2) is 30.3 Å². The predicted molar refractivity (Wildman–Crippen MR) is 73.6 cm³/mol. The van der Waals surface area contributed by atoms with Crippen LogP contribution < -0.4 is 10.6 Å². The van der Waals surface area contributed by atoms with E-state index in [0.29, 0.717) is 0 Å². The first kappa shape index (κ1) is 12.1. The van der Waals surface area contributed by atoms with Gasteiger partial charge in [-0.25, -0.2) is 0 Å². The molecule has 3 rings (SSSR count). The van der Waals surface area contributed by atoms with Crippen molar-refractivity contribution < 1.29 is 4.79 Å². The van der Waals surface area contributed by atoms with Crippen molar-refractivity contribution >= 4 is 17.7 Å². The van der Waals surface area contributed by atoms with Crippen molar-refractivity contribution in [2.45, 2.75) is 22.5 Å². The largest absolute Gasteiger partial charge is 0.354 e. The molecule has 4 heteroatoms. The molecule has 3 nitrogen and oxygen atoms in total. The number of hydrogen-bond acceptors (Lipinski definition) is 3. The molecule has 0 unspecified atom stereocenters. The second kappa shape index (κ2) is 4.94. The Morgan fingerprint density at radius 3 is 2.61 bits per heavy atom. The van der Waals surface area contributed by atoms with Gasteiger partial charge in [0.25, 0.3) is 0 Å². The summed E-state index contributed by atoms with van der Waals surface area (Å²) in [6, 6.07) is 10.5. The van der Waals surface area contributed by atoms with Crippen LogP contribution in [0.1, 0.15) is 12.8 Å². The van der Waals surface area contributed by atoms with Gasteiger partial charge in [0.05, 0.1) is 5.92 Å². The second-order valence-electron chi connectivity index (χ2n) is 5.17. The summed E-state index contributed by atoms with van der Waals surface area (Å²) in [5, 5.41) is 6.24. The second-order valence-corrected chi connectivity index (χ2v) is 6.71. The van der Waals surface area contributed by atoms with E-state index in [1.54, 1.807) is 0 Å². The number of hydrogen-bond donors (Lipinski definition) is 2. The van der Waals surface area contributed by atoms with Gasteiger partial charge in [-0.3, -0.25) is 4.79 Å². The molecule has 96 valence electrons. The number of nitrogens with one attached hydrogen (secondary N) is 2. The Hall–Kier alpha value is -1.00. The van der Waals surface area contributed by atoms with E-state index in [0.717, 1.165) is 19.6 Å². The fourth-order valence-corrected chi connectivity index (χ4v) is 3.30. The molecule has 2 aliphatic rings. The van der Waals surface area contributed by atoms with Gasteiger partial charge in [0.15, 0.2) is 0 Å². The average Bonchev–Trinajstić information content (AvgIpc) is 3.06. The third-order valence-electron chi connectivity index (χ3n) is 3.62. The molecule has 1 aliphatic heterocycles. The van der Waals surface area contributed by atoms with Crippen molar-refractivity contribution in [1.82, 2.24) is 10.6 Å². The Kier molecular flexibility index (Phi) is 3.31. The van der Waals surface area contributed by atoms with Crippen molar-refractivity contribution in [3.8, 4) is 0 Å². The molecule has 1 amide bonds. The fourth-order valence-electron chi connectivity index (χ4n) is 2.06. The van der Waals surface area contributed by atoms with Crippen LogP contribution in [-0.2, 0) is 4.79 Å². The highest BCUT2D eigenvalue weighted by Crippen LogP contribution is 2.51. The van der Waals surface area contributed by atoms with Crippen LogP contribution >= 0.6 is 11.8 Å². The summed E-state index contributed by atoms with van der Waals surface area (Å²) in [6.07, 6.45) is 2.41. The lowest BCUT2D eigenvalue weighted by atomic mass is 10.0. The van der Waals surface area contributed by atoms with Crippen LogP contribution in [0.3, 0.4) is 0 Å². The molecule has 2 N–H and O–H groups in total. The molecule has 2 fully saturated rings. The van der Waals surface area contributed by atoms with Crippen LogP contribution in [0, 0.1) is 5.92 Å². The minimum absolute atomic E-state index is 0.197. The van der Waals surface area contributed by atoms with Gasteiger partial charge in [-0.1, -0.05) is 18.2 Å². The molecule has 1 saturated carbocycles. The maximum absolute atomic E-state index is 11.8. The maximum atomic E-state index is 11.8. The molecule has 0 atom stereocenters. The first-order valence-corrected chi connectivity index (χ1v) is 7.32. The minimum Gasteiger partial charge on any atom is -0.354 e. The lowest BCUT2D eigenvalue weighted by Gasteiger charge is -2.27. The summed E-state index contributed by atoms with van der Waals surface area (Å²) < 4.78 is 0.258. The molecule has 0 aromatic heterocycles. The molecule has 1 heterocycles. The number of thioether (sulfide) groups is 1. The minimum atomic E-state index is 0.197. The lowest BCUT2D eigenvalue weighted by Crippen LogP contribution is -2.51. The van der Waals surface area contributed by atoms with Gasteiger partial charge in [-0.15, -0.1) is 11.8 Å². The van der Waals surface area contributed by atoms with Gasteiger partial charge >= 0.3 is 0 Å². The first-order chi connectivity index (χ1) is 8.77. The van der Waals surface area contributed by atoms with E-state index in [4.69, 9.17) is 0 Å². The first-order valence-electron chi connectivity index (χ1n) is 6.50. The van der Waals surface area contributed by atoms with Crippen LogP contribution in [0.15, 0.2) is 35.2 Å². The monoisotopic (exact) mass is 262 g/mol. The summed E-state index contributed by atoms with van der Waals surface area (Å²) in [5.41, 5.74) is 0. The molecule has 0 spiro atoms. The van der Waals surface area contributed by atoms with E-state index in [1.165, 1.54) is 17.7 Å². The summed E-state index contributed by atoms with van der Waals surface area (Å²) >= 11 is 1.91. The van der Waals surface area contributed by atoms with E-state index in [2.05, 4.69) is 34.9 Å². The summed E-state index contributed by atoms with van der Waals surface area (Å²) in [4.78, 5) is 13.1. The molecule has 1 aliphatic carbocycles. The Bertz CT molecular complexity index is 427. The highest BCUT2D eigenvalue weighted by molar-refractivity contribution is 8.01. The van der Waals surface area contributed by atoms with Crippen LogP contribution in [0.25, 0.3) is 0 Å². The summed E-state index contributed by atoms with van der Waals surface area (Å²) in [6.45, 7) is 2.48. The normalized spacial score (nSPS) is 21.1. The van der Waals surface area contributed by atoms with Crippen LogP contribution in [0.5, 0.6) is 0 Å². The Labute approximate surface area is 112 Å². The van der Waals surface area contributed by atoms with Crippen molar-refractivity contribution in [3.05, 3.63) is 30.3 Å². The van der Waals surface area contributed by atoms with E-state index >= 15 is 0 Å². The summed E-state index contributed by atoms with van der Waals surface area (Å²) in [7, 11) is 0. The Balaban J connectivity index is 1.51. The summed E-state index contributed by atoms with van der Waals surface area (Å²) in [5.74, 6) is 0.413. The third-order valence-corrected chi connectivity index (χ3v) is 5.12. The lowest BCUT2D eigenvalue weighted by molar-refractivity contribution is -0.126. The van der Waals surface area contributed by atoms with E-state index in [9.17, 15) is 4.79 Å². The molecule has 0 bridgehead atoms. The van der Waals surface area contributed by atoms with E-state index in [1.807, 2.05) is 17.8 Å². The molecule has 18 heavy (non-hydrogen) atoms. The van der Waals surface area contributed by atoms with Crippen molar-refractivity contribution in [3.63, 3.8) is 0 Å². The van der Waals surface area contributed by atoms with Crippen molar-refractivity contribution in [2.75, 3.05) is 19.6 Å². The molecule has 1 aromatic rings. The predicted octanol–water partition coefficient (Wildman–Crippen LogP) is 1.65. The van der Waals surface area contributed by atoms with Gasteiger partial charge in [0.2, 0.25) is 5.91 Å². The number of carbonyl (C=O) groups is 1. The molecule has 0 radical (unpaired) electrons. The zero-order chi connectivity index (χ0) is 12.4. The standard InChI is InChI=1S/C14H18N2OS/c17-13(11-8-15-9-11)16-10-14(6-7-14)18-12-4-2-1-3-5-12/h1-5,11,15H,6-10H2,(H,16,17). The fraction of sp³-hybridized carbons (Fsp3) is 0.500. The van der Waals surface area contributed by atoms with E-state index in [-0.39, 0.29) is 16.6 Å². The third kappa shape index (κ3) is 2.70. The smallest absolute Gasteiger partial charge is 0.225 e. The quantitative estimate of drug-likeness (QED) is 0.848. The molecule has 1 saturated heterocycles. The van der Waals surface area contributed by atoms with E-state index < -0.39 is 0 Å². The van der Waals surface area contributed by atoms with Gasteiger partial charge < -0.3 is 10.6 Å². The van der Waals surface area contributed by atoms with Gasteiger partial charge in [0.1, 0.15) is 0 Å². The molecular formula is C14H18N2OS. The van der Waals surface area contributed by atoms with Gasteiger partial charge in [0, 0.05) is 29.3 Å². The Morgan fingerprint density at radius 1 is 1.33 bits per heavy atom. The maximum Gasteiger partial charge on any atom is 0.225 e. The SMILES string of the molecule is O=C(NCC1(Sc2ccccc2)CC1)C1CNC1. The highest BCUT2D eigenvalue weighted by atomic mass is 32.2. The number of rotatable bonds is 5. The zero-order valence-electron chi connectivity index (χ0n) is 10.3. The number of carbonyl (C=O) groups excluding carboxylic acids is 1. The van der Waals surface area contributed by atoms with Crippen molar-refractivity contribution in [2.24, 2.45) is 5.92 Å². The topological polar surface area (TPSA) is 41.1 Å². The zero-order valence-corrected chi connectivity index (χ0v) is 11.1. The number of benzene rings is 1. The molecule has 1 aromatic carbocycles. The van der Waals surface area contributed by atoms with Crippen LogP contribution in [0.4, 0.5) is 0 Å². The van der Waals surface area contributed by atoms with Crippen LogP contribution in [0.2, 0.25) is 0 Å². The van der Waals surface area contributed by atoms with Gasteiger partial charge in [-0.05, 0) is 25.0 Å². The Morgan fingerprint density at radius 2 is 2.06 bits per heavy atom. The molecular weight excluding hydrogens is 244 g/mol.